The highest BCUT2D eigenvalue weighted by molar-refractivity contribution is 6.52. The molecule has 1 aliphatic heterocycles. The first kappa shape index (κ1) is 7.14. The molecule has 0 N–H and O–H groups in total. The Labute approximate surface area is 74.0 Å². The average molecular weight is 186 g/mol. The molecule has 11 heavy (non-hydrogen) atoms. The van der Waals surface area contributed by atoms with Crippen LogP contribution in [0, 0.1) is 0 Å². The lowest BCUT2D eigenvalue weighted by molar-refractivity contribution is 1.07. The molecule has 0 amide bonds. The molecule has 3 heteroatoms. The molecular formula is C8H5Cl2N. The highest BCUT2D eigenvalue weighted by atomic mass is 35.5. The van der Waals surface area contributed by atoms with E-state index in [1.807, 2.05) is 24.3 Å². The highest BCUT2D eigenvalue weighted by Gasteiger charge is 2.21. The van der Waals surface area contributed by atoms with Gasteiger partial charge in [0.15, 0.2) is 0 Å². The minimum absolute atomic E-state index is 0.859. The summed E-state index contributed by atoms with van der Waals surface area (Å²) in [7, 11) is 0. The van der Waals surface area contributed by atoms with E-state index in [0.29, 0.717) is 0 Å². The maximum atomic E-state index is 5.78. The van der Waals surface area contributed by atoms with Crippen LogP contribution in [0.2, 0.25) is 0 Å². The smallest absolute Gasteiger partial charge is 0.228 e. The van der Waals surface area contributed by atoms with Gasteiger partial charge in [-0.3, -0.25) is 0 Å². The first-order valence-electron chi connectivity index (χ1n) is 3.23. The lowest BCUT2D eigenvalue weighted by Crippen LogP contribution is -2.19. The molecular weight excluding hydrogens is 181 g/mol. The Bertz CT molecular complexity index is 358. The first-order valence-corrected chi connectivity index (χ1v) is 3.99. The van der Waals surface area contributed by atoms with Gasteiger partial charge in [0.25, 0.3) is 0 Å². The molecule has 56 valence electrons. The van der Waals surface area contributed by atoms with Gasteiger partial charge in [-0.2, -0.15) is 0 Å². The van der Waals surface area contributed by atoms with Gasteiger partial charge in [-0.05, 0) is 12.1 Å². The molecule has 0 saturated heterocycles. The number of hydrogen-bond donors (Lipinski definition) is 0. The number of hydrogen-bond acceptors (Lipinski definition) is 1. The third-order valence-electron chi connectivity index (χ3n) is 1.54. The largest absolute Gasteiger partial charge is 0.242 e. The van der Waals surface area contributed by atoms with Crippen LogP contribution in [0.1, 0.15) is 0 Å². The molecule has 1 aromatic rings. The Kier molecular flexibility index (Phi) is 1.44. The van der Waals surface area contributed by atoms with Crippen molar-refractivity contribution < 1.29 is 0 Å². The SMILES string of the molecule is ClC1(Cl)C=c2ccccc2=N1. The van der Waals surface area contributed by atoms with Crippen LogP contribution in [0.4, 0.5) is 0 Å². The van der Waals surface area contributed by atoms with Gasteiger partial charge >= 0.3 is 0 Å². The van der Waals surface area contributed by atoms with Crippen molar-refractivity contribution in [3.63, 3.8) is 0 Å². The quantitative estimate of drug-likeness (QED) is 0.426. The van der Waals surface area contributed by atoms with Crippen LogP contribution < -0.4 is 10.6 Å². The predicted octanol–water partition coefficient (Wildman–Crippen LogP) is 1.23. The number of halogens is 2. The van der Waals surface area contributed by atoms with Crippen molar-refractivity contribution >= 4 is 29.3 Å². The van der Waals surface area contributed by atoms with E-state index in [0.717, 1.165) is 10.6 Å². The Morgan fingerprint density at radius 1 is 1.18 bits per heavy atom. The molecule has 1 aromatic carbocycles. The van der Waals surface area contributed by atoms with Crippen molar-refractivity contribution in [3.05, 3.63) is 34.8 Å². The highest BCUT2D eigenvalue weighted by Crippen LogP contribution is 2.24. The zero-order valence-electron chi connectivity index (χ0n) is 5.59. The molecule has 2 rings (SSSR count). The molecule has 0 spiro atoms. The van der Waals surface area contributed by atoms with Crippen LogP contribution in [0.5, 0.6) is 0 Å². The zero-order chi connectivity index (χ0) is 7.90. The van der Waals surface area contributed by atoms with Crippen molar-refractivity contribution in [2.45, 2.75) is 4.46 Å². The topological polar surface area (TPSA) is 12.4 Å². The predicted molar refractivity (Wildman–Crippen MR) is 46.1 cm³/mol. The van der Waals surface area contributed by atoms with E-state index in [9.17, 15) is 0 Å². The molecule has 1 aliphatic rings. The standard InChI is InChI=1S/C8H5Cl2N/c9-8(10)5-6-3-1-2-4-7(6)11-8/h1-5H. The second-order valence-corrected chi connectivity index (χ2v) is 3.75. The minimum atomic E-state index is -1.05. The van der Waals surface area contributed by atoms with Gasteiger partial charge in [-0.15, -0.1) is 0 Å². The summed E-state index contributed by atoms with van der Waals surface area (Å²) < 4.78 is -1.05. The van der Waals surface area contributed by atoms with Crippen LogP contribution in [-0.2, 0) is 0 Å². The second-order valence-electron chi connectivity index (χ2n) is 2.40. The van der Waals surface area contributed by atoms with E-state index in [2.05, 4.69) is 4.99 Å². The summed E-state index contributed by atoms with van der Waals surface area (Å²) in [5, 5.41) is 1.86. The van der Waals surface area contributed by atoms with Crippen molar-refractivity contribution in [1.29, 1.82) is 0 Å². The summed E-state index contributed by atoms with van der Waals surface area (Å²) in [5.74, 6) is 0. The normalized spacial score (nSPS) is 18.4. The first-order chi connectivity index (χ1) is 5.17. The van der Waals surface area contributed by atoms with Gasteiger partial charge in [0.05, 0.1) is 5.36 Å². The fourth-order valence-corrected chi connectivity index (χ4v) is 1.51. The lowest BCUT2D eigenvalue weighted by atomic mass is 10.3. The van der Waals surface area contributed by atoms with Gasteiger partial charge < -0.3 is 0 Å². The van der Waals surface area contributed by atoms with E-state index in [1.54, 1.807) is 6.08 Å². The number of para-hydroxylation sites is 1. The number of rotatable bonds is 0. The fourth-order valence-electron chi connectivity index (χ4n) is 1.09. The van der Waals surface area contributed by atoms with Crippen LogP contribution in [0.15, 0.2) is 29.3 Å². The van der Waals surface area contributed by atoms with Crippen LogP contribution in [-0.4, -0.2) is 4.46 Å². The molecule has 0 atom stereocenters. The van der Waals surface area contributed by atoms with Crippen molar-refractivity contribution in [2.75, 3.05) is 0 Å². The summed E-state index contributed by atoms with van der Waals surface area (Å²) in [4.78, 5) is 4.06. The molecule has 0 aliphatic carbocycles. The Morgan fingerprint density at radius 2 is 1.91 bits per heavy atom. The Balaban J connectivity index is 2.81. The average Bonchev–Trinajstić information content (AvgIpc) is 2.21. The summed E-state index contributed by atoms with van der Waals surface area (Å²) in [6, 6.07) is 7.66. The van der Waals surface area contributed by atoms with Gasteiger partial charge in [-0.25, -0.2) is 4.99 Å². The number of nitrogens with zero attached hydrogens (tertiary/aromatic N) is 1. The minimum Gasteiger partial charge on any atom is -0.242 e. The molecule has 0 fully saturated rings. The summed E-state index contributed by atoms with van der Waals surface area (Å²) in [6.07, 6.45) is 1.73. The lowest BCUT2D eigenvalue weighted by Gasteiger charge is -2.01. The Morgan fingerprint density at radius 3 is 2.64 bits per heavy atom. The van der Waals surface area contributed by atoms with Crippen LogP contribution in [0.25, 0.3) is 6.08 Å². The summed E-state index contributed by atoms with van der Waals surface area (Å²) in [5.41, 5.74) is 0. The number of alkyl halides is 2. The monoisotopic (exact) mass is 185 g/mol. The maximum absolute atomic E-state index is 5.78. The summed E-state index contributed by atoms with van der Waals surface area (Å²) >= 11 is 11.6. The second kappa shape index (κ2) is 2.23. The number of fused-ring (bicyclic) bond motifs is 1. The Hall–Kier alpha value is -0.530. The molecule has 0 aromatic heterocycles. The van der Waals surface area contributed by atoms with Gasteiger partial charge in [0, 0.05) is 5.22 Å². The maximum Gasteiger partial charge on any atom is 0.228 e. The fraction of sp³-hybridized carbons (Fsp3) is 0.125. The van der Waals surface area contributed by atoms with Gasteiger partial charge in [0.1, 0.15) is 0 Å². The molecule has 0 radical (unpaired) electrons. The molecule has 0 bridgehead atoms. The van der Waals surface area contributed by atoms with Crippen LogP contribution in [0.3, 0.4) is 0 Å². The van der Waals surface area contributed by atoms with E-state index >= 15 is 0 Å². The van der Waals surface area contributed by atoms with E-state index in [1.165, 1.54) is 0 Å². The third-order valence-corrected chi connectivity index (χ3v) is 1.92. The molecule has 0 unspecified atom stereocenters. The number of benzene rings is 1. The van der Waals surface area contributed by atoms with E-state index in [4.69, 9.17) is 23.2 Å². The van der Waals surface area contributed by atoms with Crippen LogP contribution >= 0.6 is 23.2 Å². The van der Waals surface area contributed by atoms with Gasteiger partial charge in [-0.1, -0.05) is 41.4 Å². The molecule has 1 heterocycles. The summed E-state index contributed by atoms with van der Waals surface area (Å²) in [6.45, 7) is 0. The zero-order valence-corrected chi connectivity index (χ0v) is 7.10. The van der Waals surface area contributed by atoms with E-state index < -0.39 is 4.46 Å². The van der Waals surface area contributed by atoms with Crippen molar-refractivity contribution in [2.24, 2.45) is 4.99 Å². The van der Waals surface area contributed by atoms with Crippen molar-refractivity contribution in [3.8, 4) is 0 Å². The third kappa shape index (κ3) is 1.26. The van der Waals surface area contributed by atoms with Crippen molar-refractivity contribution in [1.82, 2.24) is 0 Å². The van der Waals surface area contributed by atoms with Gasteiger partial charge in [0.2, 0.25) is 4.46 Å². The van der Waals surface area contributed by atoms with E-state index in [-0.39, 0.29) is 0 Å². The molecule has 0 saturated carbocycles. The molecule has 1 nitrogen and oxygen atoms in total.